The number of benzene rings is 1. The zero-order valence-corrected chi connectivity index (χ0v) is 12.0. The number of aliphatic hydroxyl groups excluding tert-OH is 1. The van der Waals surface area contributed by atoms with Gasteiger partial charge in [0.1, 0.15) is 5.75 Å². The molecule has 0 bridgehead atoms. The molecule has 0 radical (unpaired) electrons. The lowest BCUT2D eigenvalue weighted by Gasteiger charge is -2.15. The highest BCUT2D eigenvalue weighted by Crippen LogP contribution is 2.47. The highest BCUT2D eigenvalue weighted by molar-refractivity contribution is 5.28. The summed E-state index contributed by atoms with van der Waals surface area (Å²) in [7, 11) is 0. The molecule has 2 rings (SSSR count). The summed E-state index contributed by atoms with van der Waals surface area (Å²) in [5.41, 5.74) is 1.62. The van der Waals surface area contributed by atoms with Crippen LogP contribution in [0.15, 0.2) is 24.3 Å². The Morgan fingerprint density at radius 2 is 2.16 bits per heavy atom. The van der Waals surface area contributed by atoms with E-state index in [1.165, 1.54) is 18.4 Å². The topological polar surface area (TPSA) is 41.5 Å². The van der Waals surface area contributed by atoms with Gasteiger partial charge in [0.2, 0.25) is 0 Å². The number of ether oxygens (including phenoxy) is 1. The van der Waals surface area contributed by atoms with Crippen molar-refractivity contribution in [2.75, 3.05) is 13.2 Å². The lowest BCUT2D eigenvalue weighted by molar-refractivity contribution is 0.242. The molecule has 0 amide bonds. The summed E-state index contributed by atoms with van der Waals surface area (Å²) in [5, 5.41) is 12.5. The van der Waals surface area contributed by atoms with E-state index in [1.54, 1.807) is 0 Å². The molecule has 0 aromatic heterocycles. The Morgan fingerprint density at radius 3 is 2.79 bits per heavy atom. The summed E-state index contributed by atoms with van der Waals surface area (Å²) in [6.07, 6.45) is 3.63. The van der Waals surface area contributed by atoms with Crippen molar-refractivity contribution in [3.8, 4) is 5.75 Å². The van der Waals surface area contributed by atoms with E-state index in [-0.39, 0.29) is 6.10 Å². The molecule has 19 heavy (non-hydrogen) atoms. The van der Waals surface area contributed by atoms with Crippen LogP contribution in [0.2, 0.25) is 0 Å². The van der Waals surface area contributed by atoms with Gasteiger partial charge in [-0.15, -0.1) is 0 Å². The zero-order chi connectivity index (χ0) is 13.7. The molecule has 1 aromatic carbocycles. The predicted octanol–water partition coefficient (Wildman–Crippen LogP) is 2.73. The molecule has 3 heteroatoms. The van der Waals surface area contributed by atoms with Crippen molar-refractivity contribution in [1.82, 2.24) is 5.32 Å². The molecule has 0 saturated heterocycles. The number of rotatable bonds is 8. The van der Waals surface area contributed by atoms with Crippen LogP contribution in [0, 0.1) is 5.41 Å². The molecule has 0 spiro atoms. The fourth-order valence-corrected chi connectivity index (χ4v) is 2.40. The molecular weight excluding hydrogens is 238 g/mol. The van der Waals surface area contributed by atoms with Crippen molar-refractivity contribution in [3.05, 3.63) is 29.8 Å². The molecule has 1 aromatic rings. The van der Waals surface area contributed by atoms with Gasteiger partial charge < -0.3 is 15.2 Å². The van der Waals surface area contributed by atoms with Crippen molar-refractivity contribution >= 4 is 0 Å². The monoisotopic (exact) mass is 263 g/mol. The molecule has 0 atom stereocenters. The minimum Gasteiger partial charge on any atom is -0.491 e. The standard InChI is InChI=1S/C16H25NO2/c1-13(2)19-15-5-3-4-14(10-15)11-17-12-16(6-7-16)8-9-18/h3-5,10,13,17-18H,6-9,11-12H2,1-2H3. The highest BCUT2D eigenvalue weighted by atomic mass is 16.5. The summed E-state index contributed by atoms with van der Waals surface area (Å²) >= 11 is 0. The normalized spacial score (nSPS) is 16.6. The predicted molar refractivity (Wildman–Crippen MR) is 77.3 cm³/mol. The Hall–Kier alpha value is -1.06. The van der Waals surface area contributed by atoms with Gasteiger partial charge in [-0.2, -0.15) is 0 Å². The second kappa shape index (κ2) is 6.40. The van der Waals surface area contributed by atoms with Gasteiger partial charge in [0.05, 0.1) is 6.10 Å². The molecule has 1 fully saturated rings. The van der Waals surface area contributed by atoms with E-state index in [0.717, 1.165) is 25.3 Å². The second-order valence-electron chi connectivity index (χ2n) is 5.89. The van der Waals surface area contributed by atoms with Gasteiger partial charge in [0.15, 0.2) is 0 Å². The van der Waals surface area contributed by atoms with Gasteiger partial charge in [-0.05, 0) is 56.2 Å². The van der Waals surface area contributed by atoms with Gasteiger partial charge >= 0.3 is 0 Å². The maximum atomic E-state index is 9.03. The second-order valence-corrected chi connectivity index (χ2v) is 5.89. The van der Waals surface area contributed by atoms with Crippen LogP contribution in [-0.4, -0.2) is 24.4 Å². The Bertz CT molecular complexity index is 399. The largest absolute Gasteiger partial charge is 0.491 e. The van der Waals surface area contributed by atoms with Crippen LogP contribution in [0.3, 0.4) is 0 Å². The summed E-state index contributed by atoms with van der Waals surface area (Å²) in [4.78, 5) is 0. The SMILES string of the molecule is CC(C)Oc1cccc(CNCC2(CCO)CC2)c1. The van der Waals surface area contributed by atoms with Gasteiger partial charge in [0, 0.05) is 19.7 Å². The minimum atomic E-state index is 0.211. The molecule has 106 valence electrons. The van der Waals surface area contributed by atoms with E-state index in [2.05, 4.69) is 17.4 Å². The van der Waals surface area contributed by atoms with Gasteiger partial charge in [-0.1, -0.05) is 12.1 Å². The fraction of sp³-hybridized carbons (Fsp3) is 0.625. The maximum Gasteiger partial charge on any atom is 0.120 e. The third-order valence-corrected chi connectivity index (χ3v) is 3.70. The average Bonchev–Trinajstić information content (AvgIpc) is 3.09. The van der Waals surface area contributed by atoms with E-state index >= 15 is 0 Å². The third-order valence-electron chi connectivity index (χ3n) is 3.70. The van der Waals surface area contributed by atoms with Crippen molar-refractivity contribution in [3.63, 3.8) is 0 Å². The van der Waals surface area contributed by atoms with Crippen molar-refractivity contribution < 1.29 is 9.84 Å². The highest BCUT2D eigenvalue weighted by Gasteiger charge is 2.41. The molecule has 1 saturated carbocycles. The van der Waals surface area contributed by atoms with Crippen LogP contribution in [0.4, 0.5) is 0 Å². The first-order valence-electron chi connectivity index (χ1n) is 7.21. The van der Waals surface area contributed by atoms with E-state index < -0.39 is 0 Å². The van der Waals surface area contributed by atoms with Crippen LogP contribution in [0.25, 0.3) is 0 Å². The lowest BCUT2D eigenvalue weighted by atomic mass is 10.0. The first kappa shape index (κ1) is 14.4. The maximum absolute atomic E-state index is 9.03. The van der Waals surface area contributed by atoms with E-state index in [1.807, 2.05) is 26.0 Å². The van der Waals surface area contributed by atoms with Gasteiger partial charge in [-0.3, -0.25) is 0 Å². The molecule has 3 nitrogen and oxygen atoms in total. The zero-order valence-electron chi connectivity index (χ0n) is 12.0. The smallest absolute Gasteiger partial charge is 0.120 e. The molecule has 0 unspecified atom stereocenters. The van der Waals surface area contributed by atoms with Crippen LogP contribution < -0.4 is 10.1 Å². The van der Waals surface area contributed by atoms with E-state index in [9.17, 15) is 0 Å². The van der Waals surface area contributed by atoms with Crippen molar-refractivity contribution in [2.45, 2.75) is 45.8 Å². The van der Waals surface area contributed by atoms with E-state index in [4.69, 9.17) is 9.84 Å². The number of hydrogen-bond acceptors (Lipinski definition) is 3. The Balaban J connectivity index is 1.79. The van der Waals surface area contributed by atoms with Crippen LogP contribution in [0.1, 0.15) is 38.7 Å². The summed E-state index contributed by atoms with van der Waals surface area (Å²) in [6.45, 7) is 6.25. The Kier molecular flexibility index (Phi) is 4.83. The summed E-state index contributed by atoms with van der Waals surface area (Å²) < 4.78 is 5.69. The number of aliphatic hydroxyl groups is 1. The summed E-state index contributed by atoms with van der Waals surface area (Å²) in [5.74, 6) is 0.936. The lowest BCUT2D eigenvalue weighted by Crippen LogP contribution is -2.24. The Morgan fingerprint density at radius 1 is 1.37 bits per heavy atom. The van der Waals surface area contributed by atoms with Crippen molar-refractivity contribution in [1.29, 1.82) is 0 Å². The Labute approximate surface area is 116 Å². The quantitative estimate of drug-likeness (QED) is 0.758. The minimum absolute atomic E-state index is 0.211. The first-order valence-corrected chi connectivity index (χ1v) is 7.21. The molecule has 0 heterocycles. The molecule has 2 N–H and O–H groups in total. The first-order chi connectivity index (χ1) is 9.13. The van der Waals surface area contributed by atoms with Crippen molar-refractivity contribution in [2.24, 2.45) is 5.41 Å². The van der Waals surface area contributed by atoms with Crippen LogP contribution in [-0.2, 0) is 6.54 Å². The number of hydrogen-bond donors (Lipinski definition) is 2. The van der Waals surface area contributed by atoms with E-state index in [0.29, 0.717) is 12.0 Å². The van der Waals surface area contributed by atoms with Crippen LogP contribution in [0.5, 0.6) is 5.75 Å². The molecule has 0 aliphatic heterocycles. The summed E-state index contributed by atoms with van der Waals surface area (Å²) in [6, 6.07) is 8.25. The average molecular weight is 263 g/mol. The molecular formula is C16H25NO2. The fourth-order valence-electron chi connectivity index (χ4n) is 2.40. The van der Waals surface area contributed by atoms with Gasteiger partial charge in [-0.25, -0.2) is 0 Å². The molecule has 1 aliphatic rings. The molecule has 1 aliphatic carbocycles. The third kappa shape index (κ3) is 4.51. The number of nitrogens with one attached hydrogen (secondary N) is 1. The van der Waals surface area contributed by atoms with Gasteiger partial charge in [0.25, 0.3) is 0 Å². The van der Waals surface area contributed by atoms with Crippen LogP contribution >= 0.6 is 0 Å².